The van der Waals surface area contributed by atoms with Crippen molar-refractivity contribution in [2.75, 3.05) is 25.5 Å². The summed E-state index contributed by atoms with van der Waals surface area (Å²) >= 11 is 5.63. The van der Waals surface area contributed by atoms with E-state index >= 15 is 0 Å². The van der Waals surface area contributed by atoms with E-state index in [1.165, 1.54) is 0 Å². The minimum Gasteiger partial charge on any atom is -0.354 e. The first-order valence-corrected chi connectivity index (χ1v) is 6.14. The van der Waals surface area contributed by atoms with Crippen molar-refractivity contribution in [1.29, 1.82) is 0 Å². The van der Waals surface area contributed by atoms with Gasteiger partial charge in [-0.2, -0.15) is 5.10 Å². The molecule has 0 saturated carbocycles. The maximum Gasteiger partial charge on any atom is 0.214 e. The molecule has 2 rings (SSSR count). The summed E-state index contributed by atoms with van der Waals surface area (Å²) < 4.78 is 0. The number of hydrazone groups is 1. The van der Waals surface area contributed by atoms with Crippen molar-refractivity contribution in [3.05, 3.63) is 35.9 Å². The van der Waals surface area contributed by atoms with Gasteiger partial charge in [-0.25, -0.2) is 10.0 Å². The Hall–Kier alpha value is -1.55. The predicted molar refractivity (Wildman–Crippen MR) is 71.8 cm³/mol. The molecule has 0 aliphatic carbocycles. The largest absolute Gasteiger partial charge is 0.354 e. The molecule has 1 N–H and O–H groups in total. The molecule has 1 heterocycles. The third kappa shape index (κ3) is 3.46. The normalized spacial score (nSPS) is 15.4. The first-order chi connectivity index (χ1) is 8.40. The van der Waals surface area contributed by atoms with E-state index in [-0.39, 0.29) is 0 Å². The van der Waals surface area contributed by atoms with Crippen LogP contribution in [0.1, 0.15) is 5.56 Å². The van der Waals surface area contributed by atoms with Crippen LogP contribution in [-0.2, 0) is 0 Å². The van der Waals surface area contributed by atoms with Gasteiger partial charge in [0.1, 0.15) is 0 Å². The van der Waals surface area contributed by atoms with Gasteiger partial charge in [-0.15, -0.1) is 11.6 Å². The molecule has 1 aromatic carbocycles. The number of nitrogens with zero attached hydrogens (tertiary/aromatic N) is 3. The molecule has 0 amide bonds. The molecule has 1 aliphatic heterocycles. The van der Waals surface area contributed by atoms with Crippen LogP contribution in [0.4, 0.5) is 0 Å². The fourth-order valence-corrected chi connectivity index (χ4v) is 1.63. The van der Waals surface area contributed by atoms with Crippen LogP contribution in [0.5, 0.6) is 0 Å². The average molecular weight is 251 g/mol. The van der Waals surface area contributed by atoms with Crippen LogP contribution in [-0.4, -0.2) is 42.7 Å². The molecular formula is C12H15ClN4. The second-order valence-corrected chi connectivity index (χ2v) is 3.98. The lowest BCUT2D eigenvalue weighted by molar-refractivity contribution is 0.475. The molecule has 90 valence electrons. The van der Waals surface area contributed by atoms with Crippen LogP contribution >= 0.6 is 11.6 Å². The first-order valence-electron chi connectivity index (χ1n) is 5.61. The molecule has 0 radical (unpaired) electrons. The van der Waals surface area contributed by atoms with Gasteiger partial charge in [0.05, 0.1) is 19.3 Å². The molecule has 0 atom stereocenters. The number of rotatable bonds is 4. The Balaban J connectivity index is 1.95. The van der Waals surface area contributed by atoms with Crippen LogP contribution in [0.15, 0.2) is 40.4 Å². The van der Waals surface area contributed by atoms with Crippen molar-refractivity contribution < 1.29 is 0 Å². The van der Waals surface area contributed by atoms with Gasteiger partial charge in [0.15, 0.2) is 0 Å². The summed E-state index contributed by atoms with van der Waals surface area (Å²) in [5, 5.41) is 9.41. The summed E-state index contributed by atoms with van der Waals surface area (Å²) in [5.41, 5.74) is 1.08. The van der Waals surface area contributed by atoms with Crippen molar-refractivity contribution in [2.24, 2.45) is 10.1 Å². The van der Waals surface area contributed by atoms with Crippen molar-refractivity contribution >= 4 is 23.8 Å². The summed E-state index contributed by atoms with van der Waals surface area (Å²) in [6, 6.07) is 10.0. The Morgan fingerprint density at radius 3 is 3.00 bits per heavy atom. The molecule has 17 heavy (non-hydrogen) atoms. The van der Waals surface area contributed by atoms with Crippen molar-refractivity contribution in [2.45, 2.75) is 0 Å². The predicted octanol–water partition coefficient (Wildman–Crippen LogP) is 1.52. The van der Waals surface area contributed by atoms with E-state index in [9.17, 15) is 0 Å². The van der Waals surface area contributed by atoms with Crippen LogP contribution in [0.2, 0.25) is 0 Å². The number of nitrogens with one attached hydrogen (secondary N) is 1. The van der Waals surface area contributed by atoms with Crippen LogP contribution in [0.3, 0.4) is 0 Å². The lowest BCUT2D eigenvalue weighted by Gasteiger charge is -2.14. The van der Waals surface area contributed by atoms with Gasteiger partial charge in [-0.3, -0.25) is 0 Å². The van der Waals surface area contributed by atoms with Gasteiger partial charge in [0.25, 0.3) is 0 Å². The minimum absolute atomic E-state index is 0.565. The van der Waals surface area contributed by atoms with Gasteiger partial charge < -0.3 is 5.32 Å². The summed E-state index contributed by atoms with van der Waals surface area (Å²) in [6.45, 7) is 2.29. The topological polar surface area (TPSA) is 40.0 Å². The van der Waals surface area contributed by atoms with E-state index in [2.05, 4.69) is 15.4 Å². The number of hydrogen-bond acceptors (Lipinski definition) is 4. The fourth-order valence-electron chi connectivity index (χ4n) is 1.53. The number of benzene rings is 1. The van der Waals surface area contributed by atoms with Gasteiger partial charge in [0.2, 0.25) is 5.96 Å². The molecule has 0 fully saturated rings. The van der Waals surface area contributed by atoms with Gasteiger partial charge in [-0.05, 0) is 5.56 Å². The van der Waals surface area contributed by atoms with Gasteiger partial charge in [-0.1, -0.05) is 30.3 Å². The lowest BCUT2D eigenvalue weighted by atomic mass is 10.2. The number of alkyl halides is 1. The van der Waals surface area contributed by atoms with E-state index in [0.717, 1.165) is 24.6 Å². The third-order valence-electron chi connectivity index (χ3n) is 2.34. The maximum absolute atomic E-state index is 5.63. The summed E-state index contributed by atoms with van der Waals surface area (Å²) in [7, 11) is 0. The summed E-state index contributed by atoms with van der Waals surface area (Å²) in [4.78, 5) is 4.33. The molecule has 0 spiro atoms. The Bertz CT molecular complexity index is 402. The van der Waals surface area contributed by atoms with Gasteiger partial charge in [0, 0.05) is 12.4 Å². The summed E-state index contributed by atoms with van der Waals surface area (Å²) in [6.07, 6.45) is 1.84. The van der Waals surface area contributed by atoms with E-state index in [0.29, 0.717) is 12.4 Å². The third-order valence-corrected chi connectivity index (χ3v) is 2.53. The maximum atomic E-state index is 5.63. The molecule has 0 aromatic heterocycles. The van der Waals surface area contributed by atoms with Crippen molar-refractivity contribution in [1.82, 2.24) is 10.3 Å². The van der Waals surface area contributed by atoms with Crippen molar-refractivity contribution in [3.63, 3.8) is 0 Å². The average Bonchev–Trinajstić information content (AvgIpc) is 2.82. The monoisotopic (exact) mass is 250 g/mol. The van der Waals surface area contributed by atoms with Crippen LogP contribution in [0.25, 0.3) is 0 Å². The number of aliphatic imine (C=N–C) groups is 1. The van der Waals surface area contributed by atoms with Crippen LogP contribution < -0.4 is 5.32 Å². The molecule has 0 bridgehead atoms. The molecule has 4 nitrogen and oxygen atoms in total. The fraction of sp³-hybridized carbons (Fsp3) is 0.333. The Kier molecular flexibility index (Phi) is 4.38. The highest BCUT2D eigenvalue weighted by Crippen LogP contribution is 2.01. The molecule has 0 saturated heterocycles. The molecule has 1 aliphatic rings. The zero-order valence-electron chi connectivity index (χ0n) is 9.51. The molecular weight excluding hydrogens is 236 g/mol. The highest BCUT2D eigenvalue weighted by Gasteiger charge is 2.14. The number of hydrogen-bond donors (Lipinski definition) is 1. The second-order valence-electron chi connectivity index (χ2n) is 3.60. The number of guanidine groups is 1. The smallest absolute Gasteiger partial charge is 0.214 e. The highest BCUT2D eigenvalue weighted by molar-refractivity contribution is 6.18. The second kappa shape index (κ2) is 6.25. The zero-order valence-corrected chi connectivity index (χ0v) is 10.3. The Labute approximate surface area is 106 Å². The highest BCUT2D eigenvalue weighted by atomic mass is 35.5. The SMILES string of the molecule is ClCCNC1=NCCN1/N=C/c1ccccc1. The first kappa shape index (κ1) is 11.9. The zero-order chi connectivity index (χ0) is 11.9. The van der Waals surface area contributed by atoms with E-state index < -0.39 is 0 Å². The van der Waals surface area contributed by atoms with Crippen molar-refractivity contribution in [3.8, 4) is 0 Å². The molecule has 0 unspecified atom stereocenters. The lowest BCUT2D eigenvalue weighted by Crippen LogP contribution is -2.36. The van der Waals surface area contributed by atoms with Gasteiger partial charge >= 0.3 is 0 Å². The Morgan fingerprint density at radius 1 is 1.41 bits per heavy atom. The molecule has 5 heteroatoms. The molecule has 1 aromatic rings. The van der Waals surface area contributed by atoms with E-state index in [1.54, 1.807) is 0 Å². The quantitative estimate of drug-likeness (QED) is 0.650. The number of halogens is 1. The van der Waals surface area contributed by atoms with E-state index in [1.807, 2.05) is 41.6 Å². The minimum atomic E-state index is 0.565. The standard InChI is InChI=1S/C12H15ClN4/c13-6-7-14-12-15-8-9-17(12)16-10-11-4-2-1-3-5-11/h1-5,10H,6-9H2,(H,14,15)/b16-10+. The summed E-state index contributed by atoms with van der Waals surface area (Å²) in [5.74, 6) is 1.37. The van der Waals surface area contributed by atoms with E-state index in [4.69, 9.17) is 11.6 Å². The van der Waals surface area contributed by atoms with Crippen LogP contribution in [0, 0.1) is 0 Å². The Morgan fingerprint density at radius 2 is 2.24 bits per heavy atom.